The van der Waals surface area contributed by atoms with Crippen molar-refractivity contribution in [2.75, 3.05) is 7.11 Å². The van der Waals surface area contributed by atoms with Crippen LogP contribution in [0.1, 0.15) is 77.6 Å². The number of hydrogen-bond donors (Lipinski definition) is 3. The Morgan fingerprint density at radius 3 is 2.67 bits per heavy atom. The van der Waals surface area contributed by atoms with Crippen molar-refractivity contribution >= 4 is 5.97 Å². The number of carbonyl (C=O) groups excluding carboxylic acids is 1. The van der Waals surface area contributed by atoms with E-state index in [0.717, 1.165) is 32.1 Å². The van der Waals surface area contributed by atoms with E-state index in [9.17, 15) is 4.79 Å². The number of methoxy groups -OCH3 is 1. The Bertz CT molecular complexity index is 464. The van der Waals surface area contributed by atoms with Crippen LogP contribution < -0.4 is 0 Å². The Morgan fingerprint density at radius 1 is 1.19 bits per heavy atom. The van der Waals surface area contributed by atoms with Crippen LogP contribution in [0.3, 0.4) is 0 Å². The number of aliphatic hydroxyl groups is 3. The maximum absolute atomic E-state index is 11.1. The van der Waals surface area contributed by atoms with Crippen LogP contribution in [0.25, 0.3) is 0 Å². The minimum atomic E-state index is -2.52. The van der Waals surface area contributed by atoms with Gasteiger partial charge in [0.2, 0.25) is 0 Å². The van der Waals surface area contributed by atoms with Gasteiger partial charge in [-0.15, -0.1) is 0 Å². The van der Waals surface area contributed by atoms with Gasteiger partial charge < -0.3 is 20.1 Å². The normalized spacial score (nSPS) is 22.0. The summed E-state index contributed by atoms with van der Waals surface area (Å²) < 4.78 is 4.64. The van der Waals surface area contributed by atoms with Crippen molar-refractivity contribution in [3.8, 4) is 0 Å². The maximum atomic E-state index is 11.1. The molecule has 0 aromatic heterocycles. The lowest BCUT2D eigenvalue weighted by molar-refractivity contribution is -0.315. The van der Waals surface area contributed by atoms with Crippen molar-refractivity contribution < 1.29 is 24.9 Å². The molecule has 1 saturated carbocycles. The molecule has 0 radical (unpaired) electrons. The van der Waals surface area contributed by atoms with Gasteiger partial charge in [-0.1, -0.05) is 44.1 Å². The van der Waals surface area contributed by atoms with E-state index in [-0.39, 0.29) is 12.4 Å². The Hall–Kier alpha value is -1.17. The number of unbranched alkanes of at least 4 members (excludes halogenated alkanes) is 2. The van der Waals surface area contributed by atoms with E-state index >= 15 is 0 Å². The summed E-state index contributed by atoms with van der Waals surface area (Å²) in [7, 11) is 1.43. The number of carbonyl (C=O) groups is 1. The highest BCUT2D eigenvalue weighted by atomic mass is 16.7. The van der Waals surface area contributed by atoms with Crippen molar-refractivity contribution in [1.29, 1.82) is 0 Å². The third kappa shape index (κ3) is 12.0. The molecule has 0 aromatic carbocycles. The summed E-state index contributed by atoms with van der Waals surface area (Å²) in [6, 6.07) is 0. The molecule has 5 nitrogen and oxygen atoms in total. The van der Waals surface area contributed by atoms with Gasteiger partial charge in [-0.25, -0.2) is 0 Å². The Balaban J connectivity index is 2.23. The maximum Gasteiger partial charge on any atom is 0.305 e. The van der Waals surface area contributed by atoms with Crippen molar-refractivity contribution in [2.24, 2.45) is 17.8 Å². The SMILES string of the molecule is COC(=O)CCCC=CC[C@H]1CCC[C@@H]1C=CC(C)CCCCC(O)(O)O. The van der Waals surface area contributed by atoms with Crippen LogP contribution >= 0.6 is 0 Å². The molecule has 1 aliphatic rings. The first-order chi connectivity index (χ1) is 12.8. The van der Waals surface area contributed by atoms with Gasteiger partial charge in [0.25, 0.3) is 5.97 Å². The molecule has 3 N–H and O–H groups in total. The average Bonchev–Trinajstić information content (AvgIpc) is 3.06. The number of ether oxygens (including phenoxy) is 1. The van der Waals surface area contributed by atoms with E-state index in [2.05, 4.69) is 36.0 Å². The summed E-state index contributed by atoms with van der Waals surface area (Å²) in [4.78, 5) is 11.1. The van der Waals surface area contributed by atoms with E-state index < -0.39 is 5.97 Å². The molecule has 0 saturated heterocycles. The van der Waals surface area contributed by atoms with Crippen LogP contribution in [-0.2, 0) is 9.53 Å². The summed E-state index contributed by atoms with van der Waals surface area (Å²) in [5.74, 6) is -0.841. The topological polar surface area (TPSA) is 87.0 Å². The van der Waals surface area contributed by atoms with Gasteiger partial charge in [-0.05, 0) is 62.7 Å². The third-order valence-electron chi connectivity index (χ3n) is 5.41. The molecule has 1 rings (SSSR count). The van der Waals surface area contributed by atoms with E-state index in [0.29, 0.717) is 30.6 Å². The molecular weight excluding hydrogens is 344 g/mol. The molecule has 27 heavy (non-hydrogen) atoms. The van der Waals surface area contributed by atoms with Crippen LogP contribution in [-0.4, -0.2) is 34.4 Å². The fourth-order valence-electron chi connectivity index (χ4n) is 3.72. The fraction of sp³-hybridized carbons (Fsp3) is 0.773. The van der Waals surface area contributed by atoms with E-state index in [1.165, 1.54) is 26.4 Å². The van der Waals surface area contributed by atoms with Gasteiger partial charge in [-0.2, -0.15) is 0 Å². The summed E-state index contributed by atoms with van der Waals surface area (Å²) >= 11 is 0. The lowest BCUT2D eigenvalue weighted by Crippen LogP contribution is -2.26. The van der Waals surface area contributed by atoms with Gasteiger partial charge in [0.05, 0.1) is 7.11 Å². The van der Waals surface area contributed by atoms with Crippen LogP contribution in [0, 0.1) is 17.8 Å². The molecule has 1 fully saturated rings. The highest BCUT2D eigenvalue weighted by Gasteiger charge is 2.24. The second-order valence-electron chi connectivity index (χ2n) is 7.91. The largest absolute Gasteiger partial charge is 0.469 e. The number of allylic oxidation sites excluding steroid dienone is 4. The zero-order chi connectivity index (χ0) is 20.1. The van der Waals surface area contributed by atoms with Gasteiger partial charge in [0.1, 0.15) is 0 Å². The van der Waals surface area contributed by atoms with Crippen molar-refractivity contribution in [3.05, 3.63) is 24.3 Å². The van der Waals surface area contributed by atoms with Gasteiger partial charge >= 0.3 is 5.97 Å². The zero-order valence-corrected chi connectivity index (χ0v) is 17.0. The van der Waals surface area contributed by atoms with Crippen molar-refractivity contribution in [2.45, 2.75) is 83.5 Å². The second-order valence-corrected chi connectivity index (χ2v) is 7.91. The first kappa shape index (κ1) is 23.9. The quantitative estimate of drug-likeness (QED) is 0.193. The van der Waals surface area contributed by atoms with Crippen LogP contribution in [0.5, 0.6) is 0 Å². The first-order valence-electron chi connectivity index (χ1n) is 10.4. The predicted molar refractivity (Wildman–Crippen MR) is 107 cm³/mol. The third-order valence-corrected chi connectivity index (χ3v) is 5.41. The lowest BCUT2D eigenvalue weighted by atomic mass is 9.90. The number of esters is 1. The van der Waals surface area contributed by atoms with Crippen LogP contribution in [0.15, 0.2) is 24.3 Å². The summed E-state index contributed by atoms with van der Waals surface area (Å²) in [6.07, 6.45) is 18.8. The molecule has 0 amide bonds. The smallest absolute Gasteiger partial charge is 0.305 e. The average molecular weight is 383 g/mol. The minimum absolute atomic E-state index is 0.0000963. The van der Waals surface area contributed by atoms with E-state index in [1.54, 1.807) is 0 Å². The van der Waals surface area contributed by atoms with Gasteiger partial charge in [-0.3, -0.25) is 4.79 Å². The summed E-state index contributed by atoms with van der Waals surface area (Å²) in [5, 5.41) is 26.7. The van der Waals surface area contributed by atoms with Crippen LogP contribution in [0.2, 0.25) is 0 Å². The van der Waals surface area contributed by atoms with E-state index in [4.69, 9.17) is 15.3 Å². The molecule has 1 unspecified atom stereocenters. The first-order valence-corrected chi connectivity index (χ1v) is 10.4. The highest BCUT2D eigenvalue weighted by Crippen LogP contribution is 2.35. The van der Waals surface area contributed by atoms with Crippen molar-refractivity contribution in [3.63, 3.8) is 0 Å². The number of rotatable bonds is 13. The minimum Gasteiger partial charge on any atom is -0.469 e. The Morgan fingerprint density at radius 2 is 1.96 bits per heavy atom. The molecule has 5 heteroatoms. The molecule has 0 bridgehead atoms. The molecular formula is C22H38O5. The standard InChI is InChI=1S/C22H38O5/c1-18(10-7-8-17-22(24,25)26)15-16-20-13-9-12-19(20)11-5-3-4-6-14-21(23)27-2/h3,5,15-16,18-20,24-26H,4,6-14,17H2,1-2H3/t18?,19-,20+/m0/s1. The molecule has 0 heterocycles. The Kier molecular flexibility index (Phi) is 11.6. The fourth-order valence-corrected chi connectivity index (χ4v) is 3.72. The summed E-state index contributed by atoms with van der Waals surface area (Å²) in [6.45, 7) is 2.19. The molecule has 0 spiro atoms. The Labute approximate surface area is 164 Å². The molecule has 0 aromatic rings. The summed E-state index contributed by atoms with van der Waals surface area (Å²) in [5.41, 5.74) is 0. The van der Waals surface area contributed by atoms with Crippen LogP contribution in [0.4, 0.5) is 0 Å². The lowest BCUT2D eigenvalue weighted by Gasteiger charge is -2.16. The molecule has 0 aliphatic heterocycles. The molecule has 156 valence electrons. The molecule has 1 aliphatic carbocycles. The second kappa shape index (κ2) is 13.1. The van der Waals surface area contributed by atoms with Crippen molar-refractivity contribution in [1.82, 2.24) is 0 Å². The highest BCUT2D eigenvalue weighted by molar-refractivity contribution is 5.69. The zero-order valence-electron chi connectivity index (χ0n) is 17.0. The number of hydrogen-bond acceptors (Lipinski definition) is 5. The van der Waals surface area contributed by atoms with Gasteiger partial charge in [0, 0.05) is 12.8 Å². The van der Waals surface area contributed by atoms with E-state index in [1.807, 2.05) is 0 Å². The van der Waals surface area contributed by atoms with Gasteiger partial charge in [0.15, 0.2) is 0 Å². The molecule has 3 atom stereocenters. The predicted octanol–water partition coefficient (Wildman–Crippen LogP) is 4.08. The monoisotopic (exact) mass is 382 g/mol.